The zero-order valence-corrected chi connectivity index (χ0v) is 14.6. The van der Waals surface area contributed by atoms with E-state index in [4.69, 9.17) is 4.52 Å². The van der Waals surface area contributed by atoms with Crippen molar-refractivity contribution in [1.29, 1.82) is 0 Å². The molecule has 0 spiro atoms. The van der Waals surface area contributed by atoms with Gasteiger partial charge in [0.05, 0.1) is 12.6 Å². The highest BCUT2D eigenvalue weighted by Gasteiger charge is 2.32. The van der Waals surface area contributed by atoms with Crippen LogP contribution < -0.4 is 5.32 Å². The zero-order chi connectivity index (χ0) is 17.9. The second-order valence-corrected chi connectivity index (χ2v) is 6.39. The van der Waals surface area contributed by atoms with Crippen molar-refractivity contribution >= 4 is 5.91 Å². The molecule has 0 fully saturated rings. The van der Waals surface area contributed by atoms with E-state index in [-0.39, 0.29) is 11.9 Å². The van der Waals surface area contributed by atoms with Gasteiger partial charge in [-0.2, -0.15) is 4.98 Å². The van der Waals surface area contributed by atoms with E-state index in [1.165, 1.54) is 11.1 Å². The molecule has 6 heteroatoms. The minimum atomic E-state index is -0.248. The lowest BCUT2D eigenvalue weighted by Gasteiger charge is -2.34. The van der Waals surface area contributed by atoms with Crippen LogP contribution in [0.5, 0.6) is 0 Å². The maximum Gasteiger partial charge on any atom is 0.241 e. The molecular formula is C20H20N4O2. The number of nitrogens with zero attached hydrogens (tertiary/aromatic N) is 3. The largest absolute Gasteiger partial charge is 0.358 e. The molecule has 2 heterocycles. The quantitative estimate of drug-likeness (QED) is 0.784. The minimum Gasteiger partial charge on any atom is -0.358 e. The van der Waals surface area contributed by atoms with Gasteiger partial charge in [0.1, 0.15) is 0 Å². The van der Waals surface area contributed by atoms with Crippen molar-refractivity contribution in [2.45, 2.75) is 25.6 Å². The molecule has 1 aromatic heterocycles. The van der Waals surface area contributed by atoms with Crippen LogP contribution in [0.1, 0.15) is 17.0 Å². The average molecular weight is 348 g/mol. The van der Waals surface area contributed by atoms with Gasteiger partial charge in [-0.3, -0.25) is 9.69 Å². The monoisotopic (exact) mass is 348 g/mol. The Balaban J connectivity index is 1.58. The lowest BCUT2D eigenvalue weighted by atomic mass is 9.93. The predicted molar refractivity (Wildman–Crippen MR) is 97.0 cm³/mol. The number of likely N-dealkylation sites (N-methyl/N-ethyl adjacent to an activating group) is 1. The molecule has 0 radical (unpaired) electrons. The molecular weight excluding hydrogens is 328 g/mol. The van der Waals surface area contributed by atoms with Crippen LogP contribution in [-0.2, 0) is 24.3 Å². The molecule has 0 saturated carbocycles. The molecule has 132 valence electrons. The molecule has 1 N–H and O–H groups in total. The molecule has 2 aromatic carbocycles. The van der Waals surface area contributed by atoms with Crippen LogP contribution in [0.3, 0.4) is 0 Å². The third kappa shape index (κ3) is 3.23. The van der Waals surface area contributed by atoms with Gasteiger partial charge in [0.15, 0.2) is 0 Å². The van der Waals surface area contributed by atoms with Gasteiger partial charge in [0.25, 0.3) is 0 Å². The van der Waals surface area contributed by atoms with Crippen molar-refractivity contribution in [3.8, 4) is 11.4 Å². The summed E-state index contributed by atoms with van der Waals surface area (Å²) >= 11 is 0. The SMILES string of the molecule is CNC(=O)C1Cc2ccccc2CN1Cc1nc(-c2ccccc2)no1. The number of amides is 1. The molecule has 4 rings (SSSR count). The average Bonchev–Trinajstić information content (AvgIpc) is 3.16. The van der Waals surface area contributed by atoms with E-state index in [1.807, 2.05) is 42.5 Å². The minimum absolute atomic E-state index is 0.00213. The molecule has 1 aliphatic rings. The standard InChI is InChI=1S/C20H20N4O2/c1-21-20(25)17-11-15-9-5-6-10-16(15)12-24(17)13-18-22-19(23-26-18)14-7-3-2-4-8-14/h2-10,17H,11-13H2,1H3,(H,21,25). The molecule has 0 saturated heterocycles. The third-order valence-corrected chi connectivity index (χ3v) is 4.73. The Kier molecular flexibility index (Phi) is 4.50. The molecule has 3 aromatic rings. The second-order valence-electron chi connectivity index (χ2n) is 6.39. The van der Waals surface area contributed by atoms with Crippen LogP contribution in [0.4, 0.5) is 0 Å². The van der Waals surface area contributed by atoms with Crippen LogP contribution in [0.2, 0.25) is 0 Å². The number of carbonyl (C=O) groups excluding carboxylic acids is 1. The highest BCUT2D eigenvalue weighted by molar-refractivity contribution is 5.82. The number of aromatic nitrogens is 2. The maximum absolute atomic E-state index is 12.4. The summed E-state index contributed by atoms with van der Waals surface area (Å²) in [5.41, 5.74) is 3.36. The van der Waals surface area contributed by atoms with Crippen molar-refractivity contribution < 1.29 is 9.32 Å². The van der Waals surface area contributed by atoms with Gasteiger partial charge in [0, 0.05) is 19.2 Å². The van der Waals surface area contributed by atoms with Crippen molar-refractivity contribution in [3.05, 3.63) is 71.6 Å². The van der Waals surface area contributed by atoms with Crippen LogP contribution in [0.15, 0.2) is 59.1 Å². The smallest absolute Gasteiger partial charge is 0.241 e. The van der Waals surface area contributed by atoms with E-state index < -0.39 is 0 Å². The first-order valence-electron chi connectivity index (χ1n) is 8.65. The first-order valence-corrected chi connectivity index (χ1v) is 8.65. The van der Waals surface area contributed by atoms with Gasteiger partial charge >= 0.3 is 0 Å². The van der Waals surface area contributed by atoms with E-state index in [0.29, 0.717) is 31.2 Å². The second kappa shape index (κ2) is 7.09. The van der Waals surface area contributed by atoms with Crippen molar-refractivity contribution in [1.82, 2.24) is 20.4 Å². The number of fused-ring (bicyclic) bond motifs is 1. The molecule has 1 aliphatic heterocycles. The van der Waals surface area contributed by atoms with Crippen LogP contribution in [0, 0.1) is 0 Å². The first kappa shape index (κ1) is 16.5. The number of hydrogen-bond donors (Lipinski definition) is 1. The number of rotatable bonds is 4. The summed E-state index contributed by atoms with van der Waals surface area (Å²) in [4.78, 5) is 19.0. The molecule has 26 heavy (non-hydrogen) atoms. The number of hydrogen-bond acceptors (Lipinski definition) is 5. The highest BCUT2D eigenvalue weighted by atomic mass is 16.5. The third-order valence-electron chi connectivity index (χ3n) is 4.73. The fourth-order valence-electron chi connectivity index (χ4n) is 3.37. The molecule has 1 amide bonds. The summed E-state index contributed by atoms with van der Waals surface area (Å²) in [6, 6.07) is 17.7. The maximum atomic E-state index is 12.4. The summed E-state index contributed by atoms with van der Waals surface area (Å²) in [5, 5.41) is 6.84. The van der Waals surface area contributed by atoms with Crippen LogP contribution in [-0.4, -0.2) is 34.0 Å². The lowest BCUT2D eigenvalue weighted by molar-refractivity contribution is -0.126. The van der Waals surface area contributed by atoms with Gasteiger partial charge in [-0.05, 0) is 17.5 Å². The number of carbonyl (C=O) groups is 1. The molecule has 6 nitrogen and oxygen atoms in total. The Labute approximate surface area is 151 Å². The Bertz CT molecular complexity index is 907. The zero-order valence-electron chi connectivity index (χ0n) is 14.6. The Morgan fingerprint density at radius 2 is 1.88 bits per heavy atom. The van der Waals surface area contributed by atoms with Gasteiger partial charge in [0.2, 0.25) is 17.6 Å². The van der Waals surface area contributed by atoms with Gasteiger partial charge in [-0.25, -0.2) is 0 Å². The van der Waals surface area contributed by atoms with Gasteiger partial charge in [-0.15, -0.1) is 0 Å². The van der Waals surface area contributed by atoms with E-state index in [2.05, 4.69) is 32.5 Å². The Morgan fingerprint density at radius 1 is 1.15 bits per heavy atom. The van der Waals surface area contributed by atoms with E-state index >= 15 is 0 Å². The number of benzene rings is 2. The molecule has 1 unspecified atom stereocenters. The van der Waals surface area contributed by atoms with E-state index in [1.54, 1.807) is 7.05 Å². The van der Waals surface area contributed by atoms with Crippen molar-refractivity contribution in [2.24, 2.45) is 0 Å². The van der Waals surface area contributed by atoms with Gasteiger partial charge < -0.3 is 9.84 Å². The summed E-state index contributed by atoms with van der Waals surface area (Å²) < 4.78 is 5.44. The topological polar surface area (TPSA) is 71.3 Å². The van der Waals surface area contributed by atoms with Crippen LogP contribution in [0.25, 0.3) is 11.4 Å². The molecule has 0 bridgehead atoms. The predicted octanol–water partition coefficient (Wildman–Crippen LogP) is 2.41. The van der Waals surface area contributed by atoms with Gasteiger partial charge in [-0.1, -0.05) is 59.8 Å². The Morgan fingerprint density at radius 3 is 2.65 bits per heavy atom. The fourth-order valence-corrected chi connectivity index (χ4v) is 3.37. The summed E-state index contributed by atoms with van der Waals surface area (Å²) in [6.45, 7) is 1.11. The summed E-state index contributed by atoms with van der Waals surface area (Å²) in [5.74, 6) is 1.08. The summed E-state index contributed by atoms with van der Waals surface area (Å²) in [6.07, 6.45) is 0.676. The Hall–Kier alpha value is -2.99. The summed E-state index contributed by atoms with van der Waals surface area (Å²) in [7, 11) is 1.67. The number of nitrogens with one attached hydrogen (secondary N) is 1. The fraction of sp³-hybridized carbons (Fsp3) is 0.250. The molecule has 0 aliphatic carbocycles. The van der Waals surface area contributed by atoms with E-state index in [9.17, 15) is 4.79 Å². The van der Waals surface area contributed by atoms with Crippen LogP contribution >= 0.6 is 0 Å². The first-order chi connectivity index (χ1) is 12.7. The normalized spacial score (nSPS) is 16.9. The lowest BCUT2D eigenvalue weighted by Crippen LogP contribution is -2.49. The van der Waals surface area contributed by atoms with Crippen molar-refractivity contribution in [3.63, 3.8) is 0 Å². The van der Waals surface area contributed by atoms with Crippen molar-refractivity contribution in [2.75, 3.05) is 7.05 Å². The van der Waals surface area contributed by atoms with E-state index in [0.717, 1.165) is 5.56 Å². The molecule has 1 atom stereocenters. The highest BCUT2D eigenvalue weighted by Crippen LogP contribution is 2.25.